The molecule has 0 radical (unpaired) electrons. The first kappa shape index (κ1) is 22.3. The number of hydrogen-bond donors (Lipinski definition) is 2. The minimum absolute atomic E-state index is 0.176. The zero-order valence-electron chi connectivity index (χ0n) is 19.7. The summed E-state index contributed by atoms with van der Waals surface area (Å²) in [6.07, 6.45) is 15.4. The van der Waals surface area contributed by atoms with Crippen LogP contribution in [0.5, 0.6) is 0 Å². The van der Waals surface area contributed by atoms with E-state index in [2.05, 4.69) is 40.7 Å². The first-order chi connectivity index (χ1) is 13.7. The van der Waals surface area contributed by atoms with Crippen LogP contribution in [0.4, 0.5) is 0 Å². The molecule has 3 saturated carbocycles. The van der Waals surface area contributed by atoms with E-state index in [9.17, 15) is 5.11 Å². The van der Waals surface area contributed by atoms with E-state index in [0.717, 1.165) is 48.3 Å². The number of aliphatic hydroxyl groups is 1. The Balaban J connectivity index is 1.52. The van der Waals surface area contributed by atoms with Crippen molar-refractivity contribution in [1.29, 1.82) is 0 Å². The third-order valence-corrected chi connectivity index (χ3v) is 11.1. The summed E-state index contributed by atoms with van der Waals surface area (Å²) in [4.78, 5) is 0. The molecule has 1 unspecified atom stereocenters. The highest BCUT2D eigenvalue weighted by atomic mass is 32.1. The van der Waals surface area contributed by atoms with Crippen molar-refractivity contribution in [2.45, 2.75) is 110 Å². The zero-order chi connectivity index (χ0) is 21.0. The van der Waals surface area contributed by atoms with Gasteiger partial charge in [-0.05, 0) is 85.9 Å². The Morgan fingerprint density at radius 1 is 1.10 bits per heavy atom. The molecule has 0 spiro atoms. The van der Waals surface area contributed by atoms with E-state index in [0.29, 0.717) is 10.7 Å². The summed E-state index contributed by atoms with van der Waals surface area (Å²) in [7, 11) is 0. The van der Waals surface area contributed by atoms with Gasteiger partial charge in [-0.1, -0.05) is 65.5 Å². The van der Waals surface area contributed by atoms with Crippen LogP contribution in [0.25, 0.3) is 0 Å². The molecule has 0 saturated heterocycles. The summed E-state index contributed by atoms with van der Waals surface area (Å²) in [5.74, 6) is 5.19. The predicted molar refractivity (Wildman–Crippen MR) is 127 cm³/mol. The molecule has 4 aliphatic carbocycles. The van der Waals surface area contributed by atoms with E-state index in [4.69, 9.17) is 12.6 Å². The fourth-order valence-electron chi connectivity index (χ4n) is 8.73. The number of thiol groups is 1. The minimum Gasteiger partial charge on any atom is -0.393 e. The van der Waals surface area contributed by atoms with Crippen molar-refractivity contribution in [1.82, 2.24) is 0 Å². The summed E-state index contributed by atoms with van der Waals surface area (Å²) < 4.78 is 0. The number of allylic oxidation sites excluding steroid dienone is 1. The standard InChI is InChI=1S/C27H46OS/c1-17(2)7-6-8-18(3)22-11-12-23-21-10-9-19-15-20(28)16-25(29)27(19,5)24(21)13-14-26(22,23)4/h9,17-18,20-25,28-29H,6-8,10-16H2,1-5H3/t18-,20+,21+,22-,23+,24+,25?,26-,27+/m1/s1. The van der Waals surface area contributed by atoms with Crippen molar-refractivity contribution in [3.05, 3.63) is 11.6 Å². The monoisotopic (exact) mass is 418 g/mol. The van der Waals surface area contributed by atoms with Crippen molar-refractivity contribution in [2.24, 2.45) is 46.3 Å². The number of aliphatic hydroxyl groups excluding tert-OH is 1. The Kier molecular flexibility index (Phi) is 6.29. The Bertz CT molecular complexity index is 626. The molecule has 4 aliphatic rings. The molecular formula is C27H46OS. The summed E-state index contributed by atoms with van der Waals surface area (Å²) >= 11 is 5.07. The highest BCUT2D eigenvalue weighted by molar-refractivity contribution is 7.81. The van der Waals surface area contributed by atoms with Gasteiger partial charge in [-0.2, -0.15) is 12.6 Å². The lowest BCUT2D eigenvalue weighted by Crippen LogP contribution is -2.54. The van der Waals surface area contributed by atoms with Crippen LogP contribution in [0, 0.1) is 46.3 Å². The molecule has 0 bridgehead atoms. The molecule has 1 N–H and O–H groups in total. The van der Waals surface area contributed by atoms with E-state index >= 15 is 0 Å². The van der Waals surface area contributed by atoms with E-state index in [-0.39, 0.29) is 11.5 Å². The molecule has 0 aliphatic heterocycles. The molecule has 0 aromatic heterocycles. The molecular weight excluding hydrogens is 372 g/mol. The predicted octanol–water partition coefficient (Wildman–Crippen LogP) is 7.30. The molecule has 0 amide bonds. The molecule has 2 heteroatoms. The minimum atomic E-state index is -0.176. The average molecular weight is 419 g/mol. The summed E-state index contributed by atoms with van der Waals surface area (Å²) in [5, 5.41) is 10.7. The first-order valence-electron chi connectivity index (χ1n) is 12.7. The van der Waals surface area contributed by atoms with E-state index in [1.165, 1.54) is 56.9 Å². The van der Waals surface area contributed by atoms with Gasteiger partial charge in [0, 0.05) is 10.7 Å². The van der Waals surface area contributed by atoms with Crippen molar-refractivity contribution < 1.29 is 5.11 Å². The lowest BCUT2D eigenvalue weighted by Gasteiger charge is -2.60. The molecule has 4 rings (SSSR count). The molecule has 0 aromatic carbocycles. The van der Waals surface area contributed by atoms with Crippen LogP contribution >= 0.6 is 12.6 Å². The average Bonchev–Trinajstić information content (AvgIpc) is 3.00. The Morgan fingerprint density at radius 2 is 1.86 bits per heavy atom. The highest BCUT2D eigenvalue weighted by Gasteiger charge is 2.60. The Labute approximate surface area is 185 Å². The van der Waals surface area contributed by atoms with E-state index in [1.54, 1.807) is 0 Å². The number of hydrogen-bond acceptors (Lipinski definition) is 2. The van der Waals surface area contributed by atoms with Gasteiger partial charge in [0.2, 0.25) is 0 Å². The highest BCUT2D eigenvalue weighted by Crippen LogP contribution is 2.67. The van der Waals surface area contributed by atoms with Gasteiger partial charge in [0.25, 0.3) is 0 Å². The van der Waals surface area contributed by atoms with Gasteiger partial charge in [0.05, 0.1) is 6.10 Å². The third kappa shape index (κ3) is 3.67. The maximum Gasteiger partial charge on any atom is 0.0588 e. The fourth-order valence-corrected chi connectivity index (χ4v) is 9.33. The number of fused-ring (bicyclic) bond motifs is 5. The lowest BCUT2D eigenvalue weighted by molar-refractivity contribution is -0.0547. The van der Waals surface area contributed by atoms with Crippen molar-refractivity contribution in [3.63, 3.8) is 0 Å². The van der Waals surface area contributed by atoms with Crippen LogP contribution in [0.3, 0.4) is 0 Å². The van der Waals surface area contributed by atoms with Gasteiger partial charge >= 0.3 is 0 Å². The Morgan fingerprint density at radius 3 is 2.59 bits per heavy atom. The van der Waals surface area contributed by atoms with Crippen LogP contribution in [0.1, 0.15) is 98.8 Å². The fraction of sp³-hybridized carbons (Fsp3) is 0.926. The molecule has 0 heterocycles. The lowest BCUT2D eigenvalue weighted by atomic mass is 9.46. The maximum absolute atomic E-state index is 10.3. The van der Waals surface area contributed by atoms with Crippen LogP contribution in [-0.2, 0) is 0 Å². The van der Waals surface area contributed by atoms with Gasteiger partial charge in [-0.25, -0.2) is 0 Å². The molecule has 0 aromatic rings. The van der Waals surface area contributed by atoms with Crippen molar-refractivity contribution >= 4 is 12.6 Å². The third-order valence-electron chi connectivity index (χ3n) is 10.4. The molecule has 9 atom stereocenters. The van der Waals surface area contributed by atoms with Crippen LogP contribution < -0.4 is 0 Å². The Hall–Kier alpha value is 0.0500. The second-order valence-electron chi connectivity index (χ2n) is 12.3. The molecule has 166 valence electrons. The zero-order valence-corrected chi connectivity index (χ0v) is 20.6. The summed E-state index contributed by atoms with van der Waals surface area (Å²) in [5.41, 5.74) is 2.31. The van der Waals surface area contributed by atoms with Gasteiger partial charge in [0.1, 0.15) is 0 Å². The smallest absolute Gasteiger partial charge is 0.0588 e. The van der Waals surface area contributed by atoms with Crippen LogP contribution in [0.15, 0.2) is 11.6 Å². The quantitative estimate of drug-likeness (QED) is 0.354. The van der Waals surface area contributed by atoms with Gasteiger partial charge < -0.3 is 5.11 Å². The van der Waals surface area contributed by atoms with Gasteiger partial charge in [-0.15, -0.1) is 0 Å². The SMILES string of the molecule is CC(C)CCC[C@@H](C)[C@H]1CC[C@H]2[C@@H]3CC=C4C[C@H](O)CC(S)[C@]4(C)[C@H]3CC[C@]12C. The molecule has 3 fully saturated rings. The van der Waals surface area contributed by atoms with Crippen LogP contribution in [0.2, 0.25) is 0 Å². The first-order valence-corrected chi connectivity index (χ1v) is 13.2. The molecule has 1 nitrogen and oxygen atoms in total. The van der Waals surface area contributed by atoms with Crippen molar-refractivity contribution in [3.8, 4) is 0 Å². The van der Waals surface area contributed by atoms with E-state index < -0.39 is 0 Å². The van der Waals surface area contributed by atoms with Gasteiger partial charge in [0.15, 0.2) is 0 Å². The second kappa shape index (κ2) is 8.19. The van der Waals surface area contributed by atoms with E-state index in [1.807, 2.05) is 0 Å². The van der Waals surface area contributed by atoms with Crippen LogP contribution in [-0.4, -0.2) is 16.5 Å². The second-order valence-corrected chi connectivity index (χ2v) is 12.9. The normalized spacial score (nSPS) is 47.9. The summed E-state index contributed by atoms with van der Waals surface area (Å²) in [6.45, 7) is 12.5. The number of rotatable bonds is 5. The van der Waals surface area contributed by atoms with Crippen molar-refractivity contribution in [2.75, 3.05) is 0 Å². The topological polar surface area (TPSA) is 20.2 Å². The largest absolute Gasteiger partial charge is 0.393 e. The van der Waals surface area contributed by atoms with Gasteiger partial charge in [-0.3, -0.25) is 0 Å². The maximum atomic E-state index is 10.3. The summed E-state index contributed by atoms with van der Waals surface area (Å²) in [6, 6.07) is 0. The molecule has 29 heavy (non-hydrogen) atoms.